The molecular formula is C16H16ClN3O3S. The predicted octanol–water partition coefficient (Wildman–Crippen LogP) is 2.86. The SMILES string of the molecule is O=C(CCO)NCc1cc2cc(Cl)c(OCc3cscn3)cc2[nH]1. The summed E-state index contributed by atoms with van der Waals surface area (Å²) in [5.74, 6) is 0.386. The number of aliphatic hydroxyl groups excluding tert-OH is 1. The van der Waals surface area contributed by atoms with Crippen molar-refractivity contribution in [3.8, 4) is 5.75 Å². The number of nitrogens with one attached hydrogen (secondary N) is 2. The van der Waals surface area contributed by atoms with Gasteiger partial charge in [-0.2, -0.15) is 0 Å². The third-order valence-corrected chi connectivity index (χ3v) is 4.33. The zero-order valence-electron chi connectivity index (χ0n) is 12.7. The average Bonchev–Trinajstić information content (AvgIpc) is 3.20. The fourth-order valence-corrected chi connectivity index (χ4v) is 3.01. The Bertz CT molecular complexity index is 833. The topological polar surface area (TPSA) is 87.2 Å². The van der Waals surface area contributed by atoms with E-state index in [1.807, 2.05) is 23.6 Å². The third kappa shape index (κ3) is 4.05. The van der Waals surface area contributed by atoms with Crippen LogP contribution in [0.5, 0.6) is 5.75 Å². The van der Waals surface area contributed by atoms with Gasteiger partial charge in [0.25, 0.3) is 0 Å². The summed E-state index contributed by atoms with van der Waals surface area (Å²) in [6.07, 6.45) is 0.0979. The van der Waals surface area contributed by atoms with Gasteiger partial charge in [0.2, 0.25) is 5.91 Å². The molecule has 0 atom stereocenters. The number of thiazole rings is 1. The van der Waals surface area contributed by atoms with Crippen LogP contribution in [-0.4, -0.2) is 27.6 Å². The van der Waals surface area contributed by atoms with Crippen LogP contribution in [0.1, 0.15) is 17.8 Å². The summed E-state index contributed by atoms with van der Waals surface area (Å²) < 4.78 is 5.72. The van der Waals surface area contributed by atoms with Gasteiger partial charge < -0.3 is 20.1 Å². The second-order valence-corrected chi connectivity index (χ2v) is 6.31. The Balaban J connectivity index is 1.71. The van der Waals surface area contributed by atoms with Crippen molar-refractivity contribution in [3.05, 3.63) is 45.5 Å². The molecule has 3 aromatic rings. The number of aliphatic hydroxyl groups is 1. The minimum absolute atomic E-state index is 0.0979. The molecule has 0 saturated heterocycles. The van der Waals surface area contributed by atoms with E-state index in [0.717, 1.165) is 22.3 Å². The van der Waals surface area contributed by atoms with Crippen LogP contribution >= 0.6 is 22.9 Å². The molecule has 0 aliphatic heterocycles. The molecule has 0 radical (unpaired) electrons. The Morgan fingerprint density at radius 2 is 2.29 bits per heavy atom. The minimum atomic E-state index is -0.193. The van der Waals surface area contributed by atoms with Crippen LogP contribution < -0.4 is 10.1 Å². The van der Waals surface area contributed by atoms with Crippen molar-refractivity contribution in [2.75, 3.05) is 6.61 Å². The van der Waals surface area contributed by atoms with Gasteiger partial charge in [-0.05, 0) is 12.1 Å². The summed E-state index contributed by atoms with van der Waals surface area (Å²) in [7, 11) is 0. The van der Waals surface area contributed by atoms with Crippen LogP contribution in [0, 0.1) is 0 Å². The Hall–Kier alpha value is -2.09. The Kier molecular flexibility index (Phi) is 5.34. The number of rotatable bonds is 7. The first-order valence-electron chi connectivity index (χ1n) is 7.34. The van der Waals surface area contributed by atoms with Crippen LogP contribution in [0.3, 0.4) is 0 Å². The molecule has 0 fully saturated rings. The number of benzene rings is 1. The van der Waals surface area contributed by atoms with E-state index in [1.54, 1.807) is 5.51 Å². The van der Waals surface area contributed by atoms with E-state index in [-0.39, 0.29) is 18.9 Å². The smallest absolute Gasteiger partial charge is 0.222 e. The first kappa shape index (κ1) is 16.8. The molecule has 0 aliphatic rings. The van der Waals surface area contributed by atoms with Crippen molar-refractivity contribution in [2.24, 2.45) is 0 Å². The first-order chi connectivity index (χ1) is 11.7. The normalized spacial score (nSPS) is 10.9. The molecule has 2 heterocycles. The molecule has 0 aliphatic carbocycles. The number of aromatic amines is 1. The maximum absolute atomic E-state index is 11.4. The zero-order valence-corrected chi connectivity index (χ0v) is 14.3. The van der Waals surface area contributed by atoms with Gasteiger partial charge in [0.1, 0.15) is 12.4 Å². The number of fused-ring (bicyclic) bond motifs is 1. The van der Waals surface area contributed by atoms with Crippen LogP contribution in [-0.2, 0) is 17.9 Å². The number of H-pyrrole nitrogens is 1. The van der Waals surface area contributed by atoms with Crippen molar-refractivity contribution in [1.29, 1.82) is 0 Å². The Morgan fingerprint density at radius 1 is 1.42 bits per heavy atom. The highest BCUT2D eigenvalue weighted by Gasteiger charge is 2.09. The molecule has 3 N–H and O–H groups in total. The molecule has 0 bridgehead atoms. The van der Waals surface area contributed by atoms with Gasteiger partial charge in [-0.1, -0.05) is 11.6 Å². The van der Waals surface area contributed by atoms with E-state index in [0.29, 0.717) is 23.9 Å². The fourth-order valence-electron chi connectivity index (χ4n) is 2.24. The van der Waals surface area contributed by atoms with Gasteiger partial charge in [-0.3, -0.25) is 4.79 Å². The van der Waals surface area contributed by atoms with E-state index in [4.69, 9.17) is 21.4 Å². The van der Waals surface area contributed by atoms with Crippen LogP contribution in [0.15, 0.2) is 29.1 Å². The molecule has 126 valence electrons. The number of carbonyl (C=O) groups excluding carboxylic acids is 1. The lowest BCUT2D eigenvalue weighted by Gasteiger charge is -2.06. The van der Waals surface area contributed by atoms with Crippen LogP contribution in [0.25, 0.3) is 10.9 Å². The van der Waals surface area contributed by atoms with E-state index < -0.39 is 0 Å². The van der Waals surface area contributed by atoms with Crippen molar-refractivity contribution in [2.45, 2.75) is 19.6 Å². The number of hydrogen-bond donors (Lipinski definition) is 3. The summed E-state index contributed by atoms with van der Waals surface area (Å²) in [6.45, 7) is 0.563. The average molecular weight is 366 g/mol. The lowest BCUT2D eigenvalue weighted by Crippen LogP contribution is -2.23. The lowest BCUT2D eigenvalue weighted by molar-refractivity contribution is -0.121. The van der Waals surface area contributed by atoms with Crippen molar-refractivity contribution >= 4 is 39.7 Å². The molecule has 6 nitrogen and oxygen atoms in total. The Morgan fingerprint density at radius 3 is 3.04 bits per heavy atom. The molecule has 3 rings (SSSR count). The molecule has 0 saturated carbocycles. The highest BCUT2D eigenvalue weighted by atomic mass is 35.5. The highest BCUT2D eigenvalue weighted by Crippen LogP contribution is 2.31. The monoisotopic (exact) mass is 365 g/mol. The summed E-state index contributed by atoms with van der Waals surface area (Å²) in [5, 5.41) is 14.8. The quantitative estimate of drug-likeness (QED) is 0.600. The summed E-state index contributed by atoms with van der Waals surface area (Å²) in [6, 6.07) is 5.58. The zero-order chi connectivity index (χ0) is 16.9. The van der Waals surface area contributed by atoms with Gasteiger partial charge >= 0.3 is 0 Å². The molecule has 24 heavy (non-hydrogen) atoms. The predicted molar refractivity (Wildman–Crippen MR) is 93.3 cm³/mol. The van der Waals surface area contributed by atoms with Gasteiger partial charge in [-0.15, -0.1) is 11.3 Å². The van der Waals surface area contributed by atoms with Crippen molar-refractivity contribution in [3.63, 3.8) is 0 Å². The molecule has 2 aromatic heterocycles. The number of aromatic nitrogens is 2. The van der Waals surface area contributed by atoms with Crippen LogP contribution in [0.2, 0.25) is 5.02 Å². The highest BCUT2D eigenvalue weighted by molar-refractivity contribution is 7.07. The fraction of sp³-hybridized carbons (Fsp3) is 0.250. The summed E-state index contributed by atoms with van der Waals surface area (Å²) >= 11 is 7.78. The molecule has 1 aromatic carbocycles. The number of nitrogens with zero attached hydrogens (tertiary/aromatic N) is 1. The number of halogens is 1. The lowest BCUT2D eigenvalue weighted by atomic mass is 10.2. The summed E-state index contributed by atoms with van der Waals surface area (Å²) in [4.78, 5) is 18.8. The largest absolute Gasteiger partial charge is 0.486 e. The van der Waals surface area contributed by atoms with E-state index in [9.17, 15) is 4.79 Å². The van der Waals surface area contributed by atoms with Gasteiger partial charge in [-0.25, -0.2) is 4.98 Å². The van der Waals surface area contributed by atoms with Gasteiger partial charge in [0.05, 0.1) is 29.4 Å². The van der Waals surface area contributed by atoms with Crippen LogP contribution in [0.4, 0.5) is 0 Å². The first-order valence-corrected chi connectivity index (χ1v) is 8.66. The summed E-state index contributed by atoms with van der Waals surface area (Å²) in [5.41, 5.74) is 4.34. The molecular weight excluding hydrogens is 350 g/mol. The van der Waals surface area contributed by atoms with Gasteiger partial charge in [0, 0.05) is 34.5 Å². The second-order valence-electron chi connectivity index (χ2n) is 5.18. The third-order valence-electron chi connectivity index (χ3n) is 3.40. The van der Waals surface area contributed by atoms with E-state index in [2.05, 4.69) is 15.3 Å². The van der Waals surface area contributed by atoms with Crippen molar-refractivity contribution < 1.29 is 14.6 Å². The minimum Gasteiger partial charge on any atom is -0.486 e. The van der Waals surface area contributed by atoms with E-state index >= 15 is 0 Å². The molecule has 8 heteroatoms. The second kappa shape index (κ2) is 7.65. The molecule has 1 amide bonds. The number of hydrogen-bond acceptors (Lipinski definition) is 5. The maximum atomic E-state index is 11.4. The van der Waals surface area contributed by atoms with Gasteiger partial charge in [0.15, 0.2) is 0 Å². The van der Waals surface area contributed by atoms with Crippen molar-refractivity contribution in [1.82, 2.24) is 15.3 Å². The number of carbonyl (C=O) groups is 1. The molecule has 0 spiro atoms. The number of ether oxygens (including phenoxy) is 1. The Labute approximate surface area is 147 Å². The molecule has 0 unspecified atom stereocenters. The van der Waals surface area contributed by atoms with E-state index in [1.165, 1.54) is 11.3 Å². The standard InChI is InChI=1S/C16H16ClN3O3S/c17-13-4-10-3-11(6-18-16(22)1-2-21)20-14(10)5-15(13)23-7-12-8-24-9-19-12/h3-5,8-9,20-21H,1-2,6-7H2,(H,18,22). The maximum Gasteiger partial charge on any atom is 0.222 e. The number of amides is 1.